The third kappa shape index (κ3) is 1.48. The summed E-state index contributed by atoms with van der Waals surface area (Å²) < 4.78 is 1.69. The van der Waals surface area contributed by atoms with Gasteiger partial charge in [0.2, 0.25) is 11.9 Å². The number of nitrogens with zero attached hydrogens (tertiary/aromatic N) is 3. The SMILES string of the molecule is Cn1c(N)nnc1Nc1cccs1. The van der Waals surface area contributed by atoms with Crippen LogP contribution in [0.1, 0.15) is 0 Å². The topological polar surface area (TPSA) is 68.8 Å². The molecule has 0 radical (unpaired) electrons. The molecule has 0 aliphatic rings. The van der Waals surface area contributed by atoms with Crippen molar-refractivity contribution in [2.75, 3.05) is 11.1 Å². The molecule has 0 aliphatic carbocycles. The molecule has 0 saturated heterocycles. The zero-order valence-corrected chi connectivity index (χ0v) is 7.88. The van der Waals surface area contributed by atoms with Gasteiger partial charge in [-0.05, 0) is 17.5 Å². The van der Waals surface area contributed by atoms with Crippen LogP contribution in [-0.2, 0) is 7.05 Å². The molecule has 0 spiro atoms. The lowest BCUT2D eigenvalue weighted by Crippen LogP contribution is -2.01. The molecule has 0 unspecified atom stereocenters. The van der Waals surface area contributed by atoms with Crippen LogP contribution in [0.25, 0.3) is 0 Å². The number of hydrogen-bond acceptors (Lipinski definition) is 5. The van der Waals surface area contributed by atoms with Gasteiger partial charge in [-0.1, -0.05) is 0 Å². The molecule has 2 aromatic rings. The van der Waals surface area contributed by atoms with E-state index in [0.717, 1.165) is 5.00 Å². The summed E-state index contributed by atoms with van der Waals surface area (Å²) in [6.07, 6.45) is 0. The molecule has 6 heteroatoms. The molecule has 13 heavy (non-hydrogen) atoms. The van der Waals surface area contributed by atoms with Crippen molar-refractivity contribution < 1.29 is 0 Å². The average Bonchev–Trinajstić information content (AvgIpc) is 2.71. The fourth-order valence-electron chi connectivity index (χ4n) is 0.910. The molecule has 0 fully saturated rings. The minimum absolute atomic E-state index is 0.402. The first-order chi connectivity index (χ1) is 6.27. The maximum atomic E-state index is 5.52. The quantitative estimate of drug-likeness (QED) is 0.755. The van der Waals surface area contributed by atoms with Crippen molar-refractivity contribution in [1.82, 2.24) is 14.8 Å². The van der Waals surface area contributed by atoms with Crippen LogP contribution in [0.15, 0.2) is 17.5 Å². The Morgan fingerprint density at radius 3 is 2.92 bits per heavy atom. The fourth-order valence-corrected chi connectivity index (χ4v) is 1.52. The number of nitrogen functional groups attached to an aromatic ring is 1. The largest absolute Gasteiger partial charge is 0.368 e. The molecule has 5 nitrogen and oxygen atoms in total. The summed E-state index contributed by atoms with van der Waals surface area (Å²) in [5.41, 5.74) is 5.52. The van der Waals surface area contributed by atoms with Crippen LogP contribution < -0.4 is 11.1 Å². The van der Waals surface area contributed by atoms with Gasteiger partial charge in [-0.15, -0.1) is 21.5 Å². The number of nitrogens with two attached hydrogens (primary N) is 1. The third-order valence-corrected chi connectivity index (χ3v) is 2.45. The van der Waals surface area contributed by atoms with Crippen molar-refractivity contribution in [3.8, 4) is 0 Å². The van der Waals surface area contributed by atoms with E-state index >= 15 is 0 Å². The summed E-state index contributed by atoms with van der Waals surface area (Å²) in [7, 11) is 1.81. The van der Waals surface area contributed by atoms with E-state index in [-0.39, 0.29) is 0 Å². The lowest BCUT2D eigenvalue weighted by atomic mass is 10.6. The monoisotopic (exact) mass is 195 g/mol. The van der Waals surface area contributed by atoms with E-state index in [2.05, 4.69) is 15.5 Å². The van der Waals surface area contributed by atoms with Crippen molar-refractivity contribution >= 4 is 28.2 Å². The van der Waals surface area contributed by atoms with Gasteiger partial charge in [-0.25, -0.2) is 0 Å². The second kappa shape index (κ2) is 3.06. The highest BCUT2D eigenvalue weighted by Gasteiger charge is 2.04. The van der Waals surface area contributed by atoms with Crippen LogP contribution in [-0.4, -0.2) is 14.8 Å². The standard InChI is InChI=1S/C7H9N5S/c1-12-6(8)10-11-7(12)9-5-3-2-4-13-5/h2-4H,1H3,(H2,8,10)(H,9,11). The van der Waals surface area contributed by atoms with E-state index in [4.69, 9.17) is 5.73 Å². The van der Waals surface area contributed by atoms with Crippen LogP contribution in [0.5, 0.6) is 0 Å². The van der Waals surface area contributed by atoms with Crippen LogP contribution in [0, 0.1) is 0 Å². The normalized spacial score (nSPS) is 10.2. The summed E-state index contributed by atoms with van der Waals surface area (Å²) in [6.45, 7) is 0. The number of rotatable bonds is 2. The van der Waals surface area contributed by atoms with E-state index in [1.165, 1.54) is 0 Å². The molecule has 2 rings (SSSR count). The van der Waals surface area contributed by atoms with Gasteiger partial charge in [0.15, 0.2) is 0 Å². The Balaban J connectivity index is 2.24. The first-order valence-electron chi connectivity index (χ1n) is 3.73. The highest BCUT2D eigenvalue weighted by molar-refractivity contribution is 7.14. The maximum Gasteiger partial charge on any atom is 0.230 e. The molecule has 0 aromatic carbocycles. The van der Waals surface area contributed by atoms with Gasteiger partial charge in [-0.3, -0.25) is 4.57 Å². The fraction of sp³-hybridized carbons (Fsp3) is 0.143. The van der Waals surface area contributed by atoms with Crippen LogP contribution in [0.3, 0.4) is 0 Å². The smallest absolute Gasteiger partial charge is 0.230 e. The Morgan fingerprint density at radius 1 is 1.54 bits per heavy atom. The Morgan fingerprint density at radius 2 is 2.38 bits per heavy atom. The van der Waals surface area contributed by atoms with Crippen molar-refractivity contribution in [3.63, 3.8) is 0 Å². The lowest BCUT2D eigenvalue weighted by molar-refractivity contribution is 0.935. The Bertz CT molecular complexity index is 391. The van der Waals surface area contributed by atoms with Gasteiger partial charge in [0, 0.05) is 7.05 Å². The maximum absolute atomic E-state index is 5.52. The highest BCUT2D eigenvalue weighted by Crippen LogP contribution is 2.20. The van der Waals surface area contributed by atoms with Gasteiger partial charge in [-0.2, -0.15) is 0 Å². The molecule has 0 bridgehead atoms. The van der Waals surface area contributed by atoms with Crippen LogP contribution >= 0.6 is 11.3 Å². The second-order valence-corrected chi connectivity index (χ2v) is 3.49. The second-order valence-electron chi connectivity index (χ2n) is 2.54. The predicted molar refractivity (Wildman–Crippen MR) is 53.0 cm³/mol. The third-order valence-electron chi connectivity index (χ3n) is 1.66. The molecule has 3 N–H and O–H groups in total. The van der Waals surface area contributed by atoms with Crippen molar-refractivity contribution in [2.45, 2.75) is 0 Å². The van der Waals surface area contributed by atoms with Gasteiger partial charge in [0.05, 0.1) is 5.00 Å². The number of anilines is 3. The molecular formula is C7H9N5S. The molecule has 0 amide bonds. The lowest BCUT2D eigenvalue weighted by Gasteiger charge is -2.01. The summed E-state index contributed by atoms with van der Waals surface area (Å²) in [5, 5.41) is 13.7. The summed E-state index contributed by atoms with van der Waals surface area (Å²) in [4.78, 5) is 0. The van der Waals surface area contributed by atoms with Gasteiger partial charge < -0.3 is 11.1 Å². The first-order valence-corrected chi connectivity index (χ1v) is 4.61. The van der Waals surface area contributed by atoms with Crippen molar-refractivity contribution in [2.24, 2.45) is 7.05 Å². The van der Waals surface area contributed by atoms with E-state index in [0.29, 0.717) is 11.9 Å². The van der Waals surface area contributed by atoms with Gasteiger partial charge >= 0.3 is 0 Å². The summed E-state index contributed by atoms with van der Waals surface area (Å²) in [5.74, 6) is 1.05. The zero-order chi connectivity index (χ0) is 9.26. The number of nitrogens with one attached hydrogen (secondary N) is 1. The molecule has 0 saturated carbocycles. The van der Waals surface area contributed by atoms with Gasteiger partial charge in [0.1, 0.15) is 0 Å². The van der Waals surface area contributed by atoms with E-state index in [1.54, 1.807) is 15.9 Å². The molecule has 68 valence electrons. The summed E-state index contributed by atoms with van der Waals surface area (Å²) in [6, 6.07) is 3.93. The van der Waals surface area contributed by atoms with Crippen LogP contribution in [0.2, 0.25) is 0 Å². The van der Waals surface area contributed by atoms with E-state index in [9.17, 15) is 0 Å². The van der Waals surface area contributed by atoms with Gasteiger partial charge in [0.25, 0.3) is 0 Å². The number of hydrogen-bond donors (Lipinski definition) is 2. The van der Waals surface area contributed by atoms with Crippen molar-refractivity contribution in [1.29, 1.82) is 0 Å². The molecule has 0 atom stereocenters. The Hall–Kier alpha value is -1.56. The summed E-state index contributed by atoms with van der Waals surface area (Å²) >= 11 is 1.60. The molecule has 2 aromatic heterocycles. The highest BCUT2D eigenvalue weighted by atomic mass is 32.1. The zero-order valence-electron chi connectivity index (χ0n) is 7.06. The average molecular weight is 195 g/mol. The van der Waals surface area contributed by atoms with Crippen LogP contribution in [0.4, 0.5) is 16.9 Å². The molecular weight excluding hydrogens is 186 g/mol. The number of aromatic nitrogens is 3. The van der Waals surface area contributed by atoms with E-state index < -0.39 is 0 Å². The molecule has 2 heterocycles. The predicted octanol–water partition coefficient (Wildman–Crippen LogP) is 1.20. The molecule has 0 aliphatic heterocycles. The first kappa shape index (κ1) is 8.06. The Kier molecular flexibility index (Phi) is 1.90. The van der Waals surface area contributed by atoms with Crippen molar-refractivity contribution in [3.05, 3.63) is 17.5 Å². The minimum atomic E-state index is 0.402. The minimum Gasteiger partial charge on any atom is -0.368 e. The van der Waals surface area contributed by atoms with E-state index in [1.807, 2.05) is 24.6 Å². The number of thiophene rings is 1. The Labute approximate surface area is 79.2 Å².